The van der Waals surface area contributed by atoms with E-state index in [0.717, 1.165) is 12.2 Å². The van der Waals surface area contributed by atoms with Gasteiger partial charge in [-0.3, -0.25) is 14.4 Å². The Labute approximate surface area is 86.5 Å². The Morgan fingerprint density at radius 1 is 1.33 bits per heavy atom. The Morgan fingerprint density at radius 2 is 2.00 bits per heavy atom. The third kappa shape index (κ3) is 3.05. The van der Waals surface area contributed by atoms with E-state index in [9.17, 15) is 19.5 Å². The summed E-state index contributed by atoms with van der Waals surface area (Å²) in [6, 6.07) is 0. The number of amides is 1. The van der Waals surface area contributed by atoms with Crippen molar-refractivity contribution in [2.75, 3.05) is 0 Å². The van der Waals surface area contributed by atoms with Gasteiger partial charge in [0.05, 0.1) is 0 Å². The molecule has 0 bridgehead atoms. The highest BCUT2D eigenvalue weighted by Gasteiger charge is 2.23. The van der Waals surface area contributed by atoms with Crippen LogP contribution in [0.2, 0.25) is 0 Å². The maximum atomic E-state index is 11.1. The monoisotopic (exact) mass is 209 g/mol. The zero-order valence-corrected chi connectivity index (χ0v) is 8.24. The van der Waals surface area contributed by atoms with Crippen LogP contribution in [0.4, 0.5) is 0 Å². The summed E-state index contributed by atoms with van der Waals surface area (Å²) in [4.78, 5) is 32.8. The molecule has 0 atom stereocenters. The molecule has 0 aromatic rings. The van der Waals surface area contributed by atoms with Crippen LogP contribution in [0, 0.1) is 0 Å². The van der Waals surface area contributed by atoms with Gasteiger partial charge in [-0.1, -0.05) is 0 Å². The minimum atomic E-state index is -0.595. The molecule has 0 aromatic heterocycles. The first-order valence-corrected chi connectivity index (χ1v) is 4.45. The van der Waals surface area contributed by atoms with Crippen molar-refractivity contribution in [2.45, 2.75) is 19.8 Å². The summed E-state index contributed by atoms with van der Waals surface area (Å²) in [5.74, 6) is -1.26. The Hall–Kier alpha value is -1.91. The van der Waals surface area contributed by atoms with E-state index in [1.165, 1.54) is 6.92 Å². The number of carbonyl (C=O) groups excluding carboxylic acids is 3. The highest BCUT2D eigenvalue weighted by Crippen LogP contribution is 2.17. The Bertz CT molecular complexity index is 379. The van der Waals surface area contributed by atoms with Crippen molar-refractivity contribution in [3.05, 3.63) is 23.6 Å². The van der Waals surface area contributed by atoms with Crippen LogP contribution in [0.25, 0.3) is 0 Å². The molecule has 1 aliphatic carbocycles. The van der Waals surface area contributed by atoms with E-state index < -0.39 is 5.91 Å². The number of carbonyl (C=O) groups is 3. The summed E-state index contributed by atoms with van der Waals surface area (Å²) in [6.45, 7) is 1.31. The molecule has 0 radical (unpaired) electrons. The Morgan fingerprint density at radius 3 is 2.47 bits per heavy atom. The van der Waals surface area contributed by atoms with Gasteiger partial charge in [0.25, 0.3) is 0 Å². The molecule has 0 fully saturated rings. The van der Waals surface area contributed by atoms with Crippen molar-refractivity contribution in [1.82, 2.24) is 5.32 Å². The van der Waals surface area contributed by atoms with E-state index in [1.807, 2.05) is 0 Å². The van der Waals surface area contributed by atoms with Gasteiger partial charge in [-0.05, 0) is 13.0 Å². The molecule has 0 aromatic carbocycles. The predicted octanol–water partition coefficient (Wildman–Crippen LogP) is 0.380. The second-order valence-electron chi connectivity index (χ2n) is 3.18. The molecular weight excluding hydrogens is 198 g/mol. The lowest BCUT2D eigenvalue weighted by Crippen LogP contribution is -2.24. The predicted molar refractivity (Wildman–Crippen MR) is 51.9 cm³/mol. The van der Waals surface area contributed by atoms with Crippen LogP contribution in [-0.4, -0.2) is 22.6 Å². The highest BCUT2D eigenvalue weighted by molar-refractivity contribution is 6.04. The van der Waals surface area contributed by atoms with Gasteiger partial charge >= 0.3 is 0 Å². The summed E-state index contributed by atoms with van der Waals surface area (Å²) >= 11 is 0. The average molecular weight is 209 g/mol. The lowest BCUT2D eigenvalue weighted by molar-refractivity contribution is -0.120. The van der Waals surface area contributed by atoms with E-state index >= 15 is 0 Å². The lowest BCUT2D eigenvalue weighted by Gasteiger charge is -2.01. The van der Waals surface area contributed by atoms with E-state index in [2.05, 4.69) is 5.32 Å². The first-order chi connectivity index (χ1) is 7.00. The lowest BCUT2D eigenvalue weighted by atomic mass is 10.3. The molecule has 1 rings (SSSR count). The average Bonchev–Trinajstić information content (AvgIpc) is 2.46. The van der Waals surface area contributed by atoms with Gasteiger partial charge in [-0.25, -0.2) is 0 Å². The summed E-state index contributed by atoms with van der Waals surface area (Å²) in [5, 5.41) is 11.5. The van der Waals surface area contributed by atoms with Crippen molar-refractivity contribution in [3.63, 3.8) is 0 Å². The number of nitrogens with one attached hydrogen (secondary N) is 1. The Balaban J connectivity index is 2.63. The molecule has 2 N–H and O–H groups in total. The zero-order chi connectivity index (χ0) is 11.4. The van der Waals surface area contributed by atoms with Crippen molar-refractivity contribution < 1.29 is 19.5 Å². The van der Waals surface area contributed by atoms with E-state index in [1.54, 1.807) is 0 Å². The summed E-state index contributed by atoms with van der Waals surface area (Å²) in [6.07, 6.45) is 2.57. The Kier molecular flexibility index (Phi) is 3.38. The van der Waals surface area contributed by atoms with Crippen molar-refractivity contribution in [3.8, 4) is 0 Å². The number of hydrogen-bond donors (Lipinski definition) is 2. The van der Waals surface area contributed by atoms with Crippen LogP contribution in [0.5, 0.6) is 0 Å². The molecule has 80 valence electrons. The molecule has 0 saturated carbocycles. The van der Waals surface area contributed by atoms with Gasteiger partial charge in [-0.2, -0.15) is 0 Å². The number of rotatable bonds is 3. The van der Waals surface area contributed by atoms with Crippen molar-refractivity contribution in [1.29, 1.82) is 0 Å². The van der Waals surface area contributed by atoms with Gasteiger partial charge in [0.2, 0.25) is 5.91 Å². The third-order valence-electron chi connectivity index (χ3n) is 1.87. The molecule has 0 heterocycles. The number of allylic oxidation sites excluding steroid dienone is 3. The molecule has 5 nitrogen and oxygen atoms in total. The molecule has 0 aliphatic heterocycles. The van der Waals surface area contributed by atoms with Crippen LogP contribution in [-0.2, 0) is 14.4 Å². The molecule has 1 aliphatic rings. The third-order valence-corrected chi connectivity index (χ3v) is 1.87. The second kappa shape index (κ2) is 4.54. The van der Waals surface area contributed by atoms with Crippen molar-refractivity contribution >= 4 is 17.5 Å². The molecular formula is C10H11NO4. The normalized spacial score (nSPS) is 16.2. The fraction of sp³-hybridized carbons (Fsp3) is 0.300. The van der Waals surface area contributed by atoms with Crippen LogP contribution in [0.15, 0.2) is 23.6 Å². The number of ketones is 2. The molecule has 5 heteroatoms. The smallest absolute Gasteiger partial charge is 0.248 e. The number of Topliss-reactive ketones (excluding diaryl/α,β-unsaturated/α-hetero) is 1. The summed E-state index contributed by atoms with van der Waals surface area (Å²) in [7, 11) is 0. The summed E-state index contributed by atoms with van der Waals surface area (Å²) < 4.78 is 0. The first-order valence-electron chi connectivity index (χ1n) is 4.45. The largest absolute Gasteiger partial charge is 0.510 e. The van der Waals surface area contributed by atoms with Crippen LogP contribution < -0.4 is 5.32 Å². The minimum Gasteiger partial charge on any atom is -0.510 e. The minimum absolute atomic E-state index is 0.0618. The topological polar surface area (TPSA) is 83.5 Å². The standard InChI is InChI=1S/C10H11NO4/c1-6(12)2-5-9(15)11-10-7(13)3-4-8(10)14/h2,5,13H,3-4H2,1H3,(H,11,15)/b5-2+. The molecule has 1 amide bonds. The maximum absolute atomic E-state index is 11.1. The van der Waals surface area contributed by atoms with Gasteiger partial charge in [0.15, 0.2) is 11.6 Å². The quantitative estimate of drug-likeness (QED) is 0.658. The number of aliphatic hydroxyl groups excluding tert-OH is 1. The maximum Gasteiger partial charge on any atom is 0.248 e. The van der Waals surface area contributed by atoms with Crippen LogP contribution in [0.1, 0.15) is 19.8 Å². The second-order valence-corrected chi connectivity index (χ2v) is 3.18. The van der Waals surface area contributed by atoms with Crippen LogP contribution in [0.3, 0.4) is 0 Å². The van der Waals surface area contributed by atoms with Gasteiger partial charge < -0.3 is 10.4 Å². The fourth-order valence-corrected chi connectivity index (χ4v) is 1.14. The molecule has 0 saturated heterocycles. The zero-order valence-electron chi connectivity index (χ0n) is 8.24. The molecule has 0 spiro atoms. The SMILES string of the molecule is CC(=O)/C=C/C(=O)NC1=C(O)CCC1=O. The number of aliphatic hydroxyl groups is 1. The molecule has 15 heavy (non-hydrogen) atoms. The van der Waals surface area contributed by atoms with E-state index in [-0.39, 0.29) is 35.9 Å². The van der Waals surface area contributed by atoms with E-state index in [0.29, 0.717) is 0 Å². The number of hydrogen-bond acceptors (Lipinski definition) is 4. The van der Waals surface area contributed by atoms with Crippen LogP contribution >= 0.6 is 0 Å². The first kappa shape index (κ1) is 11.2. The van der Waals surface area contributed by atoms with Gasteiger partial charge in [0.1, 0.15) is 11.5 Å². The van der Waals surface area contributed by atoms with E-state index in [4.69, 9.17) is 0 Å². The van der Waals surface area contributed by atoms with Gasteiger partial charge in [0, 0.05) is 18.9 Å². The molecule has 0 unspecified atom stereocenters. The van der Waals surface area contributed by atoms with Crippen molar-refractivity contribution in [2.24, 2.45) is 0 Å². The highest BCUT2D eigenvalue weighted by atomic mass is 16.3. The summed E-state index contributed by atoms with van der Waals surface area (Å²) in [5.41, 5.74) is -0.0618. The fourth-order valence-electron chi connectivity index (χ4n) is 1.14. The van der Waals surface area contributed by atoms with Gasteiger partial charge in [-0.15, -0.1) is 0 Å².